The van der Waals surface area contributed by atoms with Gasteiger partial charge in [0, 0.05) is 0 Å². The van der Waals surface area contributed by atoms with Crippen LogP contribution in [0, 0.1) is 0 Å². The zero-order chi connectivity index (χ0) is 12.7. The Kier molecular flexibility index (Phi) is 8.06. The maximum absolute atomic E-state index is 11.5. The zero-order valence-corrected chi connectivity index (χ0v) is 11.0. The van der Waals surface area contributed by atoms with Crippen LogP contribution in [0.2, 0.25) is 0 Å². The standard InChI is InChI=1S/C10H17N3O4.ClH/c1-17-9(15)6-12-8(14)5-13-10(16)7-3-2-4-11-7;/h7,11H,2-6H2,1H3,(H,12,14)(H,13,16);1H/t7-;/m0./s1. The van der Waals surface area contributed by atoms with E-state index in [0.29, 0.717) is 0 Å². The van der Waals surface area contributed by atoms with Gasteiger partial charge < -0.3 is 20.7 Å². The molecule has 1 saturated heterocycles. The van der Waals surface area contributed by atoms with Gasteiger partial charge in [-0.15, -0.1) is 12.4 Å². The average Bonchev–Trinajstić information content (AvgIpc) is 2.86. The maximum atomic E-state index is 11.5. The summed E-state index contributed by atoms with van der Waals surface area (Å²) in [6, 6.07) is -0.205. The first kappa shape index (κ1) is 16.7. The third-order valence-corrected chi connectivity index (χ3v) is 2.46. The van der Waals surface area contributed by atoms with Crippen molar-refractivity contribution in [3.05, 3.63) is 0 Å². The molecule has 0 aromatic rings. The molecule has 0 spiro atoms. The second kappa shape index (κ2) is 8.71. The van der Waals surface area contributed by atoms with Crippen LogP contribution in [0.5, 0.6) is 0 Å². The molecule has 0 aliphatic carbocycles. The molecular weight excluding hydrogens is 262 g/mol. The van der Waals surface area contributed by atoms with E-state index in [1.165, 1.54) is 7.11 Å². The van der Waals surface area contributed by atoms with E-state index in [0.717, 1.165) is 19.4 Å². The number of rotatable bonds is 5. The Bertz CT molecular complexity index is 305. The van der Waals surface area contributed by atoms with Crippen molar-refractivity contribution in [3.8, 4) is 0 Å². The van der Waals surface area contributed by atoms with E-state index in [1.54, 1.807) is 0 Å². The van der Waals surface area contributed by atoms with E-state index in [-0.39, 0.29) is 37.4 Å². The van der Waals surface area contributed by atoms with E-state index in [2.05, 4.69) is 20.7 Å². The Labute approximate surface area is 111 Å². The minimum atomic E-state index is -0.526. The fraction of sp³-hybridized carbons (Fsp3) is 0.700. The molecule has 104 valence electrons. The number of nitrogens with one attached hydrogen (secondary N) is 3. The fourth-order valence-corrected chi connectivity index (χ4v) is 1.50. The zero-order valence-electron chi connectivity index (χ0n) is 10.2. The van der Waals surface area contributed by atoms with Crippen LogP contribution in [-0.2, 0) is 19.1 Å². The third-order valence-electron chi connectivity index (χ3n) is 2.46. The molecule has 0 radical (unpaired) electrons. The lowest BCUT2D eigenvalue weighted by Gasteiger charge is -2.10. The summed E-state index contributed by atoms with van der Waals surface area (Å²) >= 11 is 0. The van der Waals surface area contributed by atoms with Crippen molar-refractivity contribution >= 4 is 30.2 Å². The van der Waals surface area contributed by atoms with Gasteiger partial charge in [-0.25, -0.2) is 0 Å². The van der Waals surface area contributed by atoms with Crippen molar-refractivity contribution in [1.82, 2.24) is 16.0 Å². The number of hydrogen-bond acceptors (Lipinski definition) is 5. The number of amides is 2. The lowest BCUT2D eigenvalue weighted by atomic mass is 10.2. The number of hydrogen-bond donors (Lipinski definition) is 3. The van der Waals surface area contributed by atoms with Crippen molar-refractivity contribution in [2.24, 2.45) is 0 Å². The number of carbonyl (C=O) groups is 3. The minimum Gasteiger partial charge on any atom is -0.468 e. The Morgan fingerprint density at radius 2 is 2.00 bits per heavy atom. The Morgan fingerprint density at radius 1 is 1.28 bits per heavy atom. The Morgan fingerprint density at radius 3 is 2.56 bits per heavy atom. The number of methoxy groups -OCH3 is 1. The molecule has 1 aliphatic rings. The van der Waals surface area contributed by atoms with Crippen LogP contribution in [0.4, 0.5) is 0 Å². The van der Waals surface area contributed by atoms with Crippen LogP contribution in [-0.4, -0.2) is 50.6 Å². The van der Waals surface area contributed by atoms with E-state index in [4.69, 9.17) is 0 Å². The Balaban J connectivity index is 0.00000289. The Hall–Kier alpha value is -1.34. The molecule has 1 fully saturated rings. The van der Waals surface area contributed by atoms with E-state index >= 15 is 0 Å². The topological polar surface area (TPSA) is 96.5 Å². The maximum Gasteiger partial charge on any atom is 0.325 e. The van der Waals surface area contributed by atoms with Gasteiger partial charge in [0.1, 0.15) is 6.54 Å². The summed E-state index contributed by atoms with van der Waals surface area (Å²) in [7, 11) is 1.24. The molecule has 1 rings (SSSR count). The predicted octanol–water partition coefficient (Wildman–Crippen LogP) is -1.43. The van der Waals surface area contributed by atoms with Gasteiger partial charge in [-0.1, -0.05) is 0 Å². The summed E-state index contributed by atoms with van der Waals surface area (Å²) in [5.74, 6) is -1.13. The summed E-state index contributed by atoms with van der Waals surface area (Å²) in [6.07, 6.45) is 1.75. The van der Waals surface area contributed by atoms with Crippen molar-refractivity contribution < 1.29 is 19.1 Å². The summed E-state index contributed by atoms with van der Waals surface area (Å²) in [6.45, 7) is 0.507. The van der Waals surface area contributed by atoms with Gasteiger partial charge in [0.2, 0.25) is 11.8 Å². The SMILES string of the molecule is COC(=O)CNC(=O)CNC(=O)[C@@H]1CCCN1.Cl. The van der Waals surface area contributed by atoms with Crippen molar-refractivity contribution in [2.75, 3.05) is 26.7 Å². The number of ether oxygens (including phenoxy) is 1. The quantitative estimate of drug-likeness (QED) is 0.536. The molecule has 0 bridgehead atoms. The first-order chi connectivity index (χ1) is 8.13. The number of esters is 1. The molecule has 1 aliphatic heterocycles. The molecule has 0 aromatic carbocycles. The highest BCUT2D eigenvalue weighted by molar-refractivity contribution is 5.88. The van der Waals surface area contributed by atoms with Crippen LogP contribution >= 0.6 is 12.4 Å². The molecule has 18 heavy (non-hydrogen) atoms. The summed E-state index contributed by atoms with van der Waals surface area (Å²) in [4.78, 5) is 33.5. The van der Waals surface area contributed by atoms with Gasteiger partial charge >= 0.3 is 5.97 Å². The van der Waals surface area contributed by atoms with Crippen molar-refractivity contribution in [2.45, 2.75) is 18.9 Å². The average molecular weight is 280 g/mol. The van der Waals surface area contributed by atoms with Gasteiger partial charge in [-0.2, -0.15) is 0 Å². The highest BCUT2D eigenvalue weighted by Crippen LogP contribution is 2.03. The molecule has 8 heteroatoms. The van der Waals surface area contributed by atoms with Gasteiger partial charge in [0.05, 0.1) is 19.7 Å². The monoisotopic (exact) mass is 279 g/mol. The smallest absolute Gasteiger partial charge is 0.325 e. The minimum absolute atomic E-state index is 0. The lowest BCUT2D eigenvalue weighted by Crippen LogP contribution is -2.45. The van der Waals surface area contributed by atoms with Crippen molar-refractivity contribution in [3.63, 3.8) is 0 Å². The highest BCUT2D eigenvalue weighted by atomic mass is 35.5. The third kappa shape index (κ3) is 5.83. The molecule has 1 heterocycles. The lowest BCUT2D eigenvalue weighted by molar-refractivity contribution is -0.141. The first-order valence-corrected chi connectivity index (χ1v) is 5.48. The normalized spacial score (nSPS) is 17.5. The van der Waals surface area contributed by atoms with Gasteiger partial charge in [0.15, 0.2) is 0 Å². The fourth-order valence-electron chi connectivity index (χ4n) is 1.50. The second-order valence-electron chi connectivity index (χ2n) is 3.72. The van der Waals surface area contributed by atoms with Crippen LogP contribution < -0.4 is 16.0 Å². The molecular formula is C10H18ClN3O4. The molecule has 3 N–H and O–H groups in total. The largest absolute Gasteiger partial charge is 0.468 e. The van der Waals surface area contributed by atoms with Gasteiger partial charge in [0.25, 0.3) is 0 Å². The van der Waals surface area contributed by atoms with Gasteiger partial charge in [-0.05, 0) is 19.4 Å². The molecule has 2 amide bonds. The van der Waals surface area contributed by atoms with E-state index < -0.39 is 11.9 Å². The molecule has 1 atom stereocenters. The number of carbonyl (C=O) groups excluding carboxylic acids is 3. The first-order valence-electron chi connectivity index (χ1n) is 5.48. The van der Waals surface area contributed by atoms with Gasteiger partial charge in [-0.3, -0.25) is 14.4 Å². The molecule has 0 aromatic heterocycles. The molecule has 7 nitrogen and oxygen atoms in total. The van der Waals surface area contributed by atoms with Crippen LogP contribution in [0.25, 0.3) is 0 Å². The van der Waals surface area contributed by atoms with Crippen LogP contribution in [0.15, 0.2) is 0 Å². The molecule has 0 saturated carbocycles. The van der Waals surface area contributed by atoms with Crippen molar-refractivity contribution in [1.29, 1.82) is 0 Å². The summed E-state index contributed by atoms with van der Waals surface area (Å²) < 4.78 is 4.36. The summed E-state index contributed by atoms with van der Waals surface area (Å²) in [5.41, 5.74) is 0. The second-order valence-corrected chi connectivity index (χ2v) is 3.72. The van der Waals surface area contributed by atoms with Crippen LogP contribution in [0.1, 0.15) is 12.8 Å². The van der Waals surface area contributed by atoms with E-state index in [1.807, 2.05) is 0 Å². The summed E-state index contributed by atoms with van der Waals surface area (Å²) in [5, 5.41) is 7.85. The molecule has 0 unspecified atom stereocenters. The van der Waals surface area contributed by atoms with Crippen LogP contribution in [0.3, 0.4) is 0 Å². The van der Waals surface area contributed by atoms with E-state index in [9.17, 15) is 14.4 Å². The highest BCUT2D eigenvalue weighted by Gasteiger charge is 2.21. The number of halogens is 1. The predicted molar refractivity (Wildman–Crippen MR) is 66.3 cm³/mol.